The number of carbonyl (C=O) groups excluding carboxylic acids is 1. The molecule has 9 nitrogen and oxygen atoms in total. The summed E-state index contributed by atoms with van der Waals surface area (Å²) in [7, 11) is -3.67. The van der Waals surface area contributed by atoms with Gasteiger partial charge in [0, 0.05) is 17.7 Å². The maximum atomic E-state index is 12.4. The zero-order valence-electron chi connectivity index (χ0n) is 14.4. The predicted octanol–water partition coefficient (Wildman–Crippen LogP) is 1.96. The van der Waals surface area contributed by atoms with Gasteiger partial charge in [-0.05, 0) is 29.3 Å². The van der Waals surface area contributed by atoms with Gasteiger partial charge >= 0.3 is 5.97 Å². The van der Waals surface area contributed by atoms with Gasteiger partial charge in [0.05, 0.1) is 16.6 Å². The fraction of sp³-hybridized carbons (Fsp3) is 0.294. The molecule has 0 spiro atoms. The van der Waals surface area contributed by atoms with Crippen molar-refractivity contribution in [1.29, 1.82) is 0 Å². The van der Waals surface area contributed by atoms with Crippen LogP contribution in [0.3, 0.4) is 0 Å². The van der Waals surface area contributed by atoms with E-state index in [-0.39, 0.29) is 23.4 Å². The topological polar surface area (TPSA) is 144 Å². The summed E-state index contributed by atoms with van der Waals surface area (Å²) in [5, 5.41) is 22.9. The number of sulfone groups is 1. The lowest BCUT2D eigenvalue weighted by molar-refractivity contribution is -0.384. The molecule has 0 fully saturated rings. The van der Waals surface area contributed by atoms with Gasteiger partial charge in [0.2, 0.25) is 0 Å². The molecule has 2 aromatic rings. The number of hydrogen-bond acceptors (Lipinski definition) is 6. The van der Waals surface area contributed by atoms with E-state index in [1.807, 2.05) is 0 Å². The van der Waals surface area contributed by atoms with Crippen molar-refractivity contribution in [2.24, 2.45) is 5.92 Å². The first kappa shape index (κ1) is 20.3. The van der Waals surface area contributed by atoms with Crippen LogP contribution in [0.1, 0.15) is 23.7 Å². The molecule has 1 amide bonds. The van der Waals surface area contributed by atoms with Gasteiger partial charge < -0.3 is 10.4 Å². The number of carboxylic acids is 1. The summed E-state index contributed by atoms with van der Waals surface area (Å²) in [6, 6.07) is 8.68. The quantitative estimate of drug-likeness (QED) is 0.514. The Bertz CT molecular complexity index is 1000. The smallest absolute Gasteiger partial charge is 0.306 e. The molecule has 2 aromatic carbocycles. The minimum absolute atomic E-state index is 0.0501. The highest BCUT2D eigenvalue weighted by Crippen LogP contribution is 2.23. The van der Waals surface area contributed by atoms with E-state index in [2.05, 4.69) is 5.32 Å². The van der Waals surface area contributed by atoms with Crippen molar-refractivity contribution in [2.75, 3.05) is 11.6 Å². The van der Waals surface area contributed by atoms with Crippen LogP contribution in [0.25, 0.3) is 10.8 Å². The Morgan fingerprint density at radius 2 is 1.96 bits per heavy atom. The van der Waals surface area contributed by atoms with Crippen molar-refractivity contribution in [3.05, 3.63) is 52.1 Å². The van der Waals surface area contributed by atoms with Crippen molar-refractivity contribution < 1.29 is 28.0 Å². The van der Waals surface area contributed by atoms with E-state index in [4.69, 9.17) is 5.11 Å². The number of hydrogen-bond donors (Lipinski definition) is 2. The molecule has 0 saturated heterocycles. The number of carbonyl (C=O) groups is 2. The van der Waals surface area contributed by atoms with Crippen LogP contribution in [0.2, 0.25) is 0 Å². The number of amides is 1. The number of nitrogens with zero attached hydrogens (tertiary/aromatic N) is 1. The Hall–Kier alpha value is -3.01. The maximum Gasteiger partial charge on any atom is 0.306 e. The van der Waals surface area contributed by atoms with Crippen LogP contribution in [0, 0.1) is 16.0 Å². The Labute approximate surface area is 155 Å². The number of carboxylic acid groups (broad SMARTS) is 1. The summed E-state index contributed by atoms with van der Waals surface area (Å²) >= 11 is 0. The van der Waals surface area contributed by atoms with Crippen molar-refractivity contribution >= 4 is 38.2 Å². The molecule has 0 aliphatic rings. The highest BCUT2D eigenvalue weighted by molar-refractivity contribution is 7.91. The van der Waals surface area contributed by atoms with Crippen LogP contribution < -0.4 is 5.32 Å². The molecule has 0 radical (unpaired) electrons. The third-order valence-corrected chi connectivity index (χ3v) is 5.50. The van der Waals surface area contributed by atoms with Gasteiger partial charge in [-0.25, -0.2) is 8.42 Å². The molecule has 10 heteroatoms. The van der Waals surface area contributed by atoms with E-state index in [9.17, 15) is 28.1 Å². The molecule has 0 bridgehead atoms. The molecular weight excluding hydrogens is 376 g/mol. The van der Waals surface area contributed by atoms with E-state index >= 15 is 0 Å². The maximum absolute atomic E-state index is 12.4. The van der Waals surface area contributed by atoms with Gasteiger partial charge in [-0.3, -0.25) is 19.7 Å². The highest BCUT2D eigenvalue weighted by atomic mass is 32.2. The molecule has 144 valence electrons. The number of fused-ring (bicyclic) bond motifs is 1. The molecule has 2 N–H and O–H groups in total. The first-order valence-electron chi connectivity index (χ1n) is 7.99. The largest absolute Gasteiger partial charge is 0.481 e. The average Bonchev–Trinajstić information content (AvgIpc) is 2.63. The SMILES string of the molecule is CC(CCS(=O)(=O)CNC(=O)c1cccc2cc([N+](=O)[O-])ccc12)C(=O)O. The number of benzene rings is 2. The Balaban J connectivity index is 2.12. The van der Waals surface area contributed by atoms with Crippen LogP contribution in [-0.2, 0) is 14.6 Å². The zero-order chi connectivity index (χ0) is 20.2. The summed E-state index contributed by atoms with van der Waals surface area (Å²) in [6.07, 6.45) is -0.0501. The lowest BCUT2D eigenvalue weighted by Crippen LogP contribution is -2.31. The number of nitrogens with one attached hydrogen (secondary N) is 1. The molecule has 0 heterocycles. The first-order valence-corrected chi connectivity index (χ1v) is 9.81. The summed E-state index contributed by atoms with van der Waals surface area (Å²) in [5.74, 6) is -3.50. The predicted molar refractivity (Wildman–Crippen MR) is 98.1 cm³/mol. The lowest BCUT2D eigenvalue weighted by Gasteiger charge is -2.10. The van der Waals surface area contributed by atoms with Gasteiger partial charge in [0.25, 0.3) is 11.6 Å². The molecule has 1 atom stereocenters. The second-order valence-electron chi connectivity index (χ2n) is 6.09. The molecule has 0 aliphatic heterocycles. The lowest BCUT2D eigenvalue weighted by atomic mass is 10.0. The minimum Gasteiger partial charge on any atom is -0.481 e. The van der Waals surface area contributed by atoms with E-state index in [0.717, 1.165) is 0 Å². The van der Waals surface area contributed by atoms with Crippen LogP contribution in [-0.4, -0.2) is 42.0 Å². The minimum atomic E-state index is -3.67. The van der Waals surface area contributed by atoms with Gasteiger partial charge in [-0.1, -0.05) is 19.1 Å². The van der Waals surface area contributed by atoms with Crippen molar-refractivity contribution in [2.45, 2.75) is 13.3 Å². The molecule has 0 aromatic heterocycles. The molecule has 27 heavy (non-hydrogen) atoms. The monoisotopic (exact) mass is 394 g/mol. The summed E-state index contributed by atoms with van der Waals surface area (Å²) in [4.78, 5) is 33.4. The number of nitro benzene ring substituents is 1. The van der Waals surface area contributed by atoms with Gasteiger partial charge in [0.1, 0.15) is 5.88 Å². The van der Waals surface area contributed by atoms with Crippen LogP contribution in [0.4, 0.5) is 5.69 Å². The third-order valence-electron chi connectivity index (χ3n) is 4.06. The summed E-state index contributed by atoms with van der Waals surface area (Å²) in [5.41, 5.74) is 0.0756. The molecule has 0 aliphatic carbocycles. The van der Waals surface area contributed by atoms with E-state index in [1.165, 1.54) is 31.2 Å². The average molecular weight is 394 g/mol. The zero-order valence-corrected chi connectivity index (χ0v) is 15.2. The summed E-state index contributed by atoms with van der Waals surface area (Å²) in [6.45, 7) is 1.41. The second-order valence-corrected chi connectivity index (χ2v) is 8.28. The fourth-order valence-corrected chi connectivity index (χ4v) is 3.61. The van der Waals surface area contributed by atoms with Gasteiger partial charge in [-0.2, -0.15) is 0 Å². The van der Waals surface area contributed by atoms with Gasteiger partial charge in [-0.15, -0.1) is 0 Å². The van der Waals surface area contributed by atoms with Crippen LogP contribution >= 0.6 is 0 Å². The number of nitro groups is 1. The van der Waals surface area contributed by atoms with Gasteiger partial charge in [0.15, 0.2) is 9.84 Å². The molecule has 1 unspecified atom stereocenters. The van der Waals surface area contributed by atoms with Crippen LogP contribution in [0.15, 0.2) is 36.4 Å². The third kappa shape index (κ3) is 5.23. The molecule has 0 saturated carbocycles. The number of non-ortho nitro benzene ring substituents is 1. The van der Waals surface area contributed by atoms with Crippen molar-refractivity contribution in [3.63, 3.8) is 0 Å². The second kappa shape index (κ2) is 8.12. The van der Waals surface area contributed by atoms with E-state index in [0.29, 0.717) is 10.8 Å². The normalized spacial score (nSPS) is 12.5. The standard InChI is InChI=1S/C17H18N2O7S/c1-11(17(21)22)7-8-27(25,26)10-18-16(20)15-4-2-3-12-9-13(19(23)24)5-6-14(12)15/h2-6,9,11H,7-8,10H2,1H3,(H,18,20)(H,21,22). The Kier molecular flexibility index (Phi) is 6.11. The Morgan fingerprint density at radius 1 is 1.26 bits per heavy atom. The molecular formula is C17H18N2O7S. The Morgan fingerprint density at radius 3 is 2.59 bits per heavy atom. The number of rotatable bonds is 8. The van der Waals surface area contributed by atoms with E-state index in [1.54, 1.807) is 12.1 Å². The van der Waals surface area contributed by atoms with Crippen molar-refractivity contribution in [1.82, 2.24) is 5.32 Å². The first-order chi connectivity index (χ1) is 12.6. The van der Waals surface area contributed by atoms with Crippen molar-refractivity contribution in [3.8, 4) is 0 Å². The van der Waals surface area contributed by atoms with E-state index < -0.39 is 38.4 Å². The molecule has 2 rings (SSSR count). The number of aliphatic carboxylic acids is 1. The fourth-order valence-electron chi connectivity index (χ4n) is 2.41. The van der Waals surface area contributed by atoms with Crippen LogP contribution in [0.5, 0.6) is 0 Å². The highest BCUT2D eigenvalue weighted by Gasteiger charge is 2.19. The summed E-state index contributed by atoms with van der Waals surface area (Å²) < 4.78 is 24.0.